The Bertz CT molecular complexity index is 533. The van der Waals surface area contributed by atoms with Crippen molar-refractivity contribution in [1.82, 2.24) is 0 Å². The number of nitriles is 1. The number of hydrogen-bond acceptors (Lipinski definition) is 4. The third-order valence-corrected chi connectivity index (χ3v) is 2.54. The topological polar surface area (TPSA) is 76.1 Å². The molecule has 0 aliphatic heterocycles. The minimum Gasteiger partial charge on any atom is -0.469 e. The van der Waals surface area contributed by atoms with Crippen molar-refractivity contribution in [2.45, 2.75) is 19.1 Å². The van der Waals surface area contributed by atoms with E-state index in [1.54, 1.807) is 6.07 Å². The first kappa shape index (κ1) is 15.0. The highest BCUT2D eigenvalue weighted by molar-refractivity contribution is 5.73. The molecule has 102 valence electrons. The molecule has 0 radical (unpaired) electrons. The molecule has 19 heavy (non-hydrogen) atoms. The SMILES string of the molecule is COC(=O)Cc1cc(C#N)cc(C(F)(F)F)c1CN. The summed E-state index contributed by atoms with van der Waals surface area (Å²) in [5.74, 6) is -0.696. The van der Waals surface area contributed by atoms with E-state index >= 15 is 0 Å². The molecule has 2 N–H and O–H groups in total. The second kappa shape index (κ2) is 5.71. The van der Waals surface area contributed by atoms with Gasteiger partial charge in [-0.3, -0.25) is 4.79 Å². The fourth-order valence-corrected chi connectivity index (χ4v) is 1.68. The number of carbonyl (C=O) groups is 1. The van der Waals surface area contributed by atoms with Gasteiger partial charge in [0.25, 0.3) is 0 Å². The molecule has 0 heterocycles. The number of hydrogen-bond donors (Lipinski definition) is 1. The second-order valence-electron chi connectivity index (χ2n) is 3.73. The normalized spacial score (nSPS) is 10.9. The first-order valence-electron chi connectivity index (χ1n) is 5.23. The molecule has 0 aliphatic carbocycles. The van der Waals surface area contributed by atoms with Crippen molar-refractivity contribution in [3.8, 4) is 6.07 Å². The van der Waals surface area contributed by atoms with Gasteiger partial charge in [-0.1, -0.05) is 0 Å². The van der Waals surface area contributed by atoms with Crippen LogP contribution in [0.15, 0.2) is 12.1 Å². The van der Waals surface area contributed by atoms with E-state index in [9.17, 15) is 18.0 Å². The molecule has 4 nitrogen and oxygen atoms in total. The van der Waals surface area contributed by atoms with E-state index in [1.807, 2.05) is 0 Å². The maximum atomic E-state index is 12.9. The van der Waals surface area contributed by atoms with E-state index in [2.05, 4.69) is 4.74 Å². The van der Waals surface area contributed by atoms with Gasteiger partial charge in [-0.2, -0.15) is 18.4 Å². The van der Waals surface area contributed by atoms with Crippen molar-refractivity contribution in [3.05, 3.63) is 34.4 Å². The Morgan fingerprint density at radius 1 is 1.47 bits per heavy atom. The van der Waals surface area contributed by atoms with Crippen molar-refractivity contribution >= 4 is 5.97 Å². The molecule has 1 aromatic rings. The molecule has 0 aromatic heterocycles. The van der Waals surface area contributed by atoms with E-state index in [0.717, 1.165) is 13.2 Å². The van der Waals surface area contributed by atoms with Crippen LogP contribution in [0.4, 0.5) is 13.2 Å². The number of esters is 1. The highest BCUT2D eigenvalue weighted by Crippen LogP contribution is 2.34. The van der Waals surface area contributed by atoms with Gasteiger partial charge < -0.3 is 10.5 Å². The molecule has 0 atom stereocenters. The van der Waals surface area contributed by atoms with Crippen molar-refractivity contribution in [2.24, 2.45) is 5.73 Å². The smallest absolute Gasteiger partial charge is 0.416 e. The minimum atomic E-state index is -4.63. The summed E-state index contributed by atoms with van der Waals surface area (Å²) < 4.78 is 43.0. The average Bonchev–Trinajstić information content (AvgIpc) is 2.36. The van der Waals surface area contributed by atoms with Crippen molar-refractivity contribution in [2.75, 3.05) is 7.11 Å². The summed E-state index contributed by atoms with van der Waals surface area (Å²) in [4.78, 5) is 11.2. The molecule has 0 unspecified atom stereocenters. The van der Waals surface area contributed by atoms with Crippen molar-refractivity contribution < 1.29 is 22.7 Å². The number of alkyl halides is 3. The lowest BCUT2D eigenvalue weighted by Crippen LogP contribution is -2.17. The zero-order valence-electron chi connectivity index (χ0n) is 10.0. The molecule has 0 saturated heterocycles. The fraction of sp³-hybridized carbons (Fsp3) is 0.333. The van der Waals surface area contributed by atoms with Gasteiger partial charge in [-0.25, -0.2) is 0 Å². The maximum Gasteiger partial charge on any atom is 0.416 e. The van der Waals surface area contributed by atoms with Gasteiger partial charge in [0.2, 0.25) is 0 Å². The predicted octanol–water partition coefficient (Wildman–Crippen LogP) is 1.75. The molecule has 0 aliphatic rings. The summed E-state index contributed by atoms with van der Waals surface area (Å²) in [5.41, 5.74) is 4.01. The van der Waals surface area contributed by atoms with E-state index in [-0.39, 0.29) is 29.7 Å². The molecule has 1 aromatic carbocycles. The zero-order valence-corrected chi connectivity index (χ0v) is 10.0. The van der Waals surface area contributed by atoms with Crippen LogP contribution in [0.5, 0.6) is 0 Å². The van der Waals surface area contributed by atoms with Gasteiger partial charge in [-0.15, -0.1) is 0 Å². The molecule has 0 amide bonds. The van der Waals surface area contributed by atoms with E-state index in [4.69, 9.17) is 11.0 Å². The van der Waals surface area contributed by atoms with Crippen molar-refractivity contribution in [1.29, 1.82) is 5.26 Å². The van der Waals surface area contributed by atoms with Gasteiger partial charge >= 0.3 is 12.1 Å². The van der Waals surface area contributed by atoms with Crippen LogP contribution in [-0.4, -0.2) is 13.1 Å². The molecule has 0 bridgehead atoms. The van der Waals surface area contributed by atoms with Gasteiger partial charge in [0.05, 0.1) is 30.7 Å². The summed E-state index contributed by atoms with van der Waals surface area (Å²) >= 11 is 0. The third kappa shape index (κ3) is 3.45. The monoisotopic (exact) mass is 272 g/mol. The summed E-state index contributed by atoms with van der Waals surface area (Å²) in [6, 6.07) is 3.57. The highest BCUT2D eigenvalue weighted by atomic mass is 19.4. The van der Waals surface area contributed by atoms with Crippen LogP contribution in [0, 0.1) is 11.3 Å². The number of halogens is 3. The molecule has 0 spiro atoms. The van der Waals surface area contributed by atoms with Crippen LogP contribution in [-0.2, 0) is 28.7 Å². The Kier molecular flexibility index (Phi) is 4.51. The van der Waals surface area contributed by atoms with Gasteiger partial charge in [0.1, 0.15) is 0 Å². The molecular formula is C12H11F3N2O2. The van der Waals surface area contributed by atoms with Crippen LogP contribution < -0.4 is 5.73 Å². The van der Waals surface area contributed by atoms with E-state index < -0.39 is 17.7 Å². The number of rotatable bonds is 3. The maximum absolute atomic E-state index is 12.9. The zero-order chi connectivity index (χ0) is 14.6. The Morgan fingerprint density at radius 3 is 2.53 bits per heavy atom. The second-order valence-corrected chi connectivity index (χ2v) is 3.73. The standard InChI is InChI=1S/C12H11F3N2O2/c1-19-11(18)4-8-2-7(5-16)3-10(9(8)6-17)12(13,14)15/h2-3H,4,6,17H2,1H3. The van der Waals surface area contributed by atoms with E-state index in [0.29, 0.717) is 0 Å². The number of nitrogens with two attached hydrogens (primary N) is 1. The number of benzene rings is 1. The van der Waals surface area contributed by atoms with Crippen LogP contribution in [0.25, 0.3) is 0 Å². The number of methoxy groups -OCH3 is 1. The summed E-state index contributed by atoms with van der Waals surface area (Å²) in [7, 11) is 1.13. The van der Waals surface area contributed by atoms with Gasteiger partial charge in [0, 0.05) is 6.54 Å². The molecular weight excluding hydrogens is 261 g/mol. The Balaban J connectivity index is 3.44. The first-order valence-corrected chi connectivity index (χ1v) is 5.23. The Hall–Kier alpha value is -2.07. The molecule has 1 rings (SSSR count). The summed E-state index contributed by atoms with van der Waals surface area (Å²) in [6.07, 6.45) is -4.99. The lowest BCUT2D eigenvalue weighted by molar-refractivity contribution is -0.141. The summed E-state index contributed by atoms with van der Waals surface area (Å²) in [6.45, 7) is -0.382. The first-order chi connectivity index (χ1) is 8.83. The average molecular weight is 272 g/mol. The fourth-order valence-electron chi connectivity index (χ4n) is 1.68. The van der Waals surface area contributed by atoms with Crippen LogP contribution >= 0.6 is 0 Å². The molecule has 0 saturated carbocycles. The Morgan fingerprint density at radius 2 is 2.11 bits per heavy atom. The van der Waals surface area contributed by atoms with Gasteiger partial charge in [0.15, 0.2) is 0 Å². The van der Waals surface area contributed by atoms with Crippen molar-refractivity contribution in [3.63, 3.8) is 0 Å². The summed E-state index contributed by atoms with van der Waals surface area (Å²) in [5, 5.41) is 8.74. The van der Waals surface area contributed by atoms with Crippen LogP contribution in [0.3, 0.4) is 0 Å². The number of carbonyl (C=O) groups excluding carboxylic acids is 1. The highest BCUT2D eigenvalue weighted by Gasteiger charge is 2.34. The molecule has 7 heteroatoms. The number of nitrogens with zero attached hydrogens (tertiary/aromatic N) is 1. The molecule has 0 fully saturated rings. The quantitative estimate of drug-likeness (QED) is 0.850. The lowest BCUT2D eigenvalue weighted by Gasteiger charge is -2.16. The Labute approximate surface area is 107 Å². The third-order valence-electron chi connectivity index (χ3n) is 2.54. The minimum absolute atomic E-state index is 0.0562. The lowest BCUT2D eigenvalue weighted by atomic mass is 9.95. The van der Waals surface area contributed by atoms with Gasteiger partial charge in [-0.05, 0) is 23.3 Å². The largest absolute Gasteiger partial charge is 0.469 e. The predicted molar refractivity (Wildman–Crippen MR) is 59.8 cm³/mol. The number of ether oxygens (including phenoxy) is 1. The van der Waals surface area contributed by atoms with E-state index in [1.165, 1.54) is 6.07 Å². The van der Waals surface area contributed by atoms with Crippen LogP contribution in [0.1, 0.15) is 22.3 Å². The van der Waals surface area contributed by atoms with Crippen LogP contribution in [0.2, 0.25) is 0 Å².